The smallest absolute Gasteiger partial charge is 0.0935 e. The molecule has 1 aliphatic rings. The molecule has 1 aromatic rings. The third kappa shape index (κ3) is 2.25. The molecule has 0 bridgehead atoms. The van der Waals surface area contributed by atoms with Crippen LogP contribution in [-0.2, 0) is 6.42 Å². The molecule has 1 saturated heterocycles. The maximum absolute atomic E-state index is 10.0. The Balaban J connectivity index is 2.22. The van der Waals surface area contributed by atoms with Crippen LogP contribution < -0.4 is 5.32 Å². The lowest BCUT2D eigenvalue weighted by Gasteiger charge is -2.37. The minimum atomic E-state index is -0.521. The standard InChI is InChI=1S/C12H16BrNO/c1-8-3-10(4-9(2)11(8)13)5-12(15)6-14-7-12/h3-4,14-15H,5-7H2,1-2H3. The summed E-state index contributed by atoms with van der Waals surface area (Å²) in [6.07, 6.45) is 0.745. The third-order valence-electron chi connectivity index (χ3n) is 2.94. The van der Waals surface area contributed by atoms with E-state index in [2.05, 4.69) is 47.2 Å². The quantitative estimate of drug-likeness (QED) is 0.860. The molecule has 82 valence electrons. The molecule has 1 aromatic carbocycles. The van der Waals surface area contributed by atoms with Crippen LogP contribution in [0.5, 0.6) is 0 Å². The molecule has 0 aromatic heterocycles. The van der Waals surface area contributed by atoms with Gasteiger partial charge < -0.3 is 10.4 Å². The van der Waals surface area contributed by atoms with Gasteiger partial charge in [-0.3, -0.25) is 0 Å². The predicted molar refractivity (Wildman–Crippen MR) is 65.1 cm³/mol. The third-order valence-corrected chi connectivity index (χ3v) is 4.19. The minimum absolute atomic E-state index is 0.521. The lowest BCUT2D eigenvalue weighted by molar-refractivity contribution is -0.00903. The first kappa shape index (κ1) is 11.1. The van der Waals surface area contributed by atoms with Gasteiger partial charge in [0, 0.05) is 24.0 Å². The zero-order chi connectivity index (χ0) is 11.1. The van der Waals surface area contributed by atoms with Gasteiger partial charge in [-0.05, 0) is 30.5 Å². The van der Waals surface area contributed by atoms with E-state index in [-0.39, 0.29) is 0 Å². The molecule has 2 N–H and O–H groups in total. The van der Waals surface area contributed by atoms with Gasteiger partial charge in [0.15, 0.2) is 0 Å². The summed E-state index contributed by atoms with van der Waals surface area (Å²) >= 11 is 3.55. The van der Waals surface area contributed by atoms with Gasteiger partial charge in [0.1, 0.15) is 0 Å². The highest BCUT2D eigenvalue weighted by atomic mass is 79.9. The van der Waals surface area contributed by atoms with Gasteiger partial charge in [0.25, 0.3) is 0 Å². The Bertz CT molecular complexity index is 362. The Labute approximate surface area is 98.8 Å². The van der Waals surface area contributed by atoms with Crippen LogP contribution in [0.4, 0.5) is 0 Å². The fourth-order valence-corrected chi connectivity index (χ4v) is 2.29. The van der Waals surface area contributed by atoms with E-state index in [0.717, 1.165) is 6.42 Å². The molecule has 0 aliphatic carbocycles. The largest absolute Gasteiger partial charge is 0.387 e. The zero-order valence-electron chi connectivity index (χ0n) is 9.10. The Hall–Kier alpha value is -0.380. The van der Waals surface area contributed by atoms with Crippen molar-refractivity contribution in [1.29, 1.82) is 0 Å². The summed E-state index contributed by atoms with van der Waals surface area (Å²) in [6.45, 7) is 5.59. The number of β-amino-alcohol motifs (C(OH)–C–C–N with tert-alkyl or cyclic N) is 1. The Morgan fingerprint density at radius 3 is 2.27 bits per heavy atom. The number of rotatable bonds is 2. The van der Waals surface area contributed by atoms with Crippen LogP contribution in [0.1, 0.15) is 16.7 Å². The highest BCUT2D eigenvalue weighted by molar-refractivity contribution is 9.10. The number of nitrogens with one attached hydrogen (secondary N) is 1. The van der Waals surface area contributed by atoms with E-state index in [1.165, 1.54) is 21.2 Å². The molecule has 0 amide bonds. The molecule has 2 nitrogen and oxygen atoms in total. The summed E-state index contributed by atoms with van der Waals surface area (Å²) in [5.41, 5.74) is 3.17. The van der Waals surface area contributed by atoms with Gasteiger partial charge in [-0.2, -0.15) is 0 Å². The first-order chi connectivity index (χ1) is 7.00. The molecule has 0 unspecified atom stereocenters. The van der Waals surface area contributed by atoms with Crippen molar-refractivity contribution in [2.75, 3.05) is 13.1 Å². The average Bonchev–Trinajstić information content (AvgIpc) is 2.11. The number of halogens is 1. The van der Waals surface area contributed by atoms with Gasteiger partial charge in [0.2, 0.25) is 0 Å². The fraction of sp³-hybridized carbons (Fsp3) is 0.500. The van der Waals surface area contributed by atoms with Crippen molar-refractivity contribution >= 4 is 15.9 Å². The van der Waals surface area contributed by atoms with Gasteiger partial charge >= 0.3 is 0 Å². The van der Waals surface area contributed by atoms with Gasteiger partial charge in [-0.15, -0.1) is 0 Å². The molecule has 0 saturated carbocycles. The summed E-state index contributed by atoms with van der Waals surface area (Å²) in [5.74, 6) is 0. The first-order valence-electron chi connectivity index (χ1n) is 5.19. The number of aliphatic hydroxyl groups is 1. The molecule has 1 aliphatic heterocycles. The number of hydrogen-bond acceptors (Lipinski definition) is 2. The summed E-state index contributed by atoms with van der Waals surface area (Å²) < 4.78 is 1.17. The SMILES string of the molecule is Cc1cc(CC2(O)CNC2)cc(C)c1Br. The number of aryl methyl sites for hydroxylation is 2. The van der Waals surface area contributed by atoms with Crippen molar-refractivity contribution in [3.05, 3.63) is 33.3 Å². The summed E-state index contributed by atoms with van der Waals surface area (Å²) in [7, 11) is 0. The van der Waals surface area contributed by atoms with Crippen molar-refractivity contribution < 1.29 is 5.11 Å². The lowest BCUT2D eigenvalue weighted by atomic mass is 9.88. The molecule has 2 rings (SSSR count). The second-order valence-corrected chi connectivity index (χ2v) is 5.34. The van der Waals surface area contributed by atoms with Gasteiger partial charge in [-0.1, -0.05) is 28.1 Å². The van der Waals surface area contributed by atoms with Gasteiger partial charge in [-0.25, -0.2) is 0 Å². The predicted octanol–water partition coefficient (Wildman–Crippen LogP) is 1.94. The number of hydrogen-bond donors (Lipinski definition) is 2. The average molecular weight is 270 g/mol. The van der Waals surface area contributed by atoms with Crippen molar-refractivity contribution in [2.45, 2.75) is 25.9 Å². The molecule has 15 heavy (non-hydrogen) atoms. The monoisotopic (exact) mass is 269 g/mol. The molecular formula is C12H16BrNO. The molecule has 1 heterocycles. The van der Waals surface area contributed by atoms with E-state index in [4.69, 9.17) is 0 Å². The van der Waals surface area contributed by atoms with Crippen LogP contribution in [0, 0.1) is 13.8 Å². The van der Waals surface area contributed by atoms with Crippen LogP contribution in [0.2, 0.25) is 0 Å². The van der Waals surface area contributed by atoms with Crippen LogP contribution in [0.3, 0.4) is 0 Å². The molecule has 0 radical (unpaired) electrons. The second kappa shape index (κ2) is 3.89. The molecule has 0 spiro atoms. The number of benzene rings is 1. The van der Waals surface area contributed by atoms with E-state index >= 15 is 0 Å². The highest BCUT2D eigenvalue weighted by Crippen LogP contribution is 2.25. The van der Waals surface area contributed by atoms with Crippen molar-refractivity contribution in [2.24, 2.45) is 0 Å². The van der Waals surface area contributed by atoms with Crippen LogP contribution >= 0.6 is 15.9 Å². The van der Waals surface area contributed by atoms with Crippen molar-refractivity contribution in [3.8, 4) is 0 Å². The molecule has 1 fully saturated rings. The minimum Gasteiger partial charge on any atom is -0.387 e. The van der Waals surface area contributed by atoms with Crippen LogP contribution in [-0.4, -0.2) is 23.8 Å². The lowest BCUT2D eigenvalue weighted by Crippen LogP contribution is -2.60. The van der Waals surface area contributed by atoms with E-state index in [1.54, 1.807) is 0 Å². The van der Waals surface area contributed by atoms with Crippen molar-refractivity contribution in [3.63, 3.8) is 0 Å². The highest BCUT2D eigenvalue weighted by Gasteiger charge is 2.34. The summed E-state index contributed by atoms with van der Waals surface area (Å²) in [4.78, 5) is 0. The van der Waals surface area contributed by atoms with Crippen LogP contribution in [0.15, 0.2) is 16.6 Å². The maximum atomic E-state index is 10.0. The summed E-state index contributed by atoms with van der Waals surface area (Å²) in [6, 6.07) is 4.29. The topological polar surface area (TPSA) is 32.3 Å². The van der Waals surface area contributed by atoms with E-state index in [1.807, 2.05) is 0 Å². The second-order valence-electron chi connectivity index (χ2n) is 4.55. The van der Waals surface area contributed by atoms with E-state index < -0.39 is 5.60 Å². The fourth-order valence-electron chi connectivity index (χ4n) is 2.06. The first-order valence-corrected chi connectivity index (χ1v) is 5.98. The normalized spacial score (nSPS) is 18.7. The Kier molecular flexibility index (Phi) is 2.88. The Morgan fingerprint density at radius 2 is 1.87 bits per heavy atom. The molecule has 3 heteroatoms. The molecular weight excluding hydrogens is 254 g/mol. The van der Waals surface area contributed by atoms with Crippen molar-refractivity contribution in [1.82, 2.24) is 5.32 Å². The molecule has 0 atom stereocenters. The zero-order valence-corrected chi connectivity index (χ0v) is 10.7. The van der Waals surface area contributed by atoms with E-state index in [9.17, 15) is 5.11 Å². The maximum Gasteiger partial charge on any atom is 0.0935 e. The summed E-state index contributed by atoms with van der Waals surface area (Å²) in [5, 5.41) is 13.1. The van der Waals surface area contributed by atoms with Crippen LogP contribution in [0.25, 0.3) is 0 Å². The Morgan fingerprint density at radius 1 is 1.33 bits per heavy atom. The van der Waals surface area contributed by atoms with E-state index in [0.29, 0.717) is 13.1 Å². The van der Waals surface area contributed by atoms with Gasteiger partial charge in [0.05, 0.1) is 5.60 Å².